The summed E-state index contributed by atoms with van der Waals surface area (Å²) in [5, 5.41) is 9.64. The van der Waals surface area contributed by atoms with Gasteiger partial charge >= 0.3 is 5.97 Å². The van der Waals surface area contributed by atoms with Crippen molar-refractivity contribution in [2.75, 3.05) is 19.8 Å². The summed E-state index contributed by atoms with van der Waals surface area (Å²) in [5.74, 6) is -0.191. The number of carbonyl (C=O) groups excluding carboxylic acids is 1. The van der Waals surface area contributed by atoms with Crippen molar-refractivity contribution in [3.63, 3.8) is 0 Å². The van der Waals surface area contributed by atoms with Gasteiger partial charge in [-0.05, 0) is 12.8 Å². The van der Waals surface area contributed by atoms with Crippen molar-refractivity contribution in [3.8, 4) is 0 Å². The third-order valence-corrected chi connectivity index (χ3v) is 11.7. The number of hydrogen-bond acceptors (Lipinski definition) is 4. The largest absolute Gasteiger partial charge is 0.457 e. The minimum absolute atomic E-state index is 0.162. The average molecular weight is 765 g/mol. The van der Waals surface area contributed by atoms with E-state index in [-0.39, 0.29) is 12.6 Å². The molecule has 0 amide bonds. The molecule has 0 aliphatic rings. The minimum atomic E-state index is -0.526. The molecule has 0 aromatic carbocycles. The molecular formula is C50H100O4. The van der Waals surface area contributed by atoms with Gasteiger partial charge in [-0.3, -0.25) is 4.79 Å². The number of rotatable bonds is 48. The van der Waals surface area contributed by atoms with E-state index in [0.29, 0.717) is 19.6 Å². The summed E-state index contributed by atoms with van der Waals surface area (Å²) >= 11 is 0. The summed E-state index contributed by atoms with van der Waals surface area (Å²) in [6.07, 6.45) is 57.7. The Hall–Kier alpha value is -0.610. The Morgan fingerprint density at radius 2 is 0.611 bits per heavy atom. The Balaban J connectivity index is 3.32. The standard InChI is InChI=1S/C50H100O4/c1-3-5-7-9-11-13-15-17-19-21-23-24-25-26-28-30-32-34-36-38-40-42-44-46-53-48-49(47-51)54-50(52)45-43-41-39-37-35-33-31-29-27-22-20-18-16-14-12-10-8-6-4-2/h49,51H,3-48H2,1-2H3. The van der Waals surface area contributed by atoms with Crippen LogP contribution >= 0.6 is 0 Å². The maximum absolute atomic E-state index is 12.2. The summed E-state index contributed by atoms with van der Waals surface area (Å²) in [4.78, 5) is 12.2. The Kier molecular flexibility index (Phi) is 48.0. The number of aliphatic hydroxyl groups excluding tert-OH is 1. The Morgan fingerprint density at radius 3 is 0.870 bits per heavy atom. The number of esters is 1. The highest BCUT2D eigenvalue weighted by Gasteiger charge is 2.13. The molecule has 0 saturated heterocycles. The van der Waals surface area contributed by atoms with Gasteiger partial charge in [0.15, 0.2) is 0 Å². The molecule has 0 saturated carbocycles. The Bertz CT molecular complexity index is 682. The predicted octanol–water partition coefficient (Wildman–Crippen LogP) is 16.7. The third kappa shape index (κ3) is 45.8. The predicted molar refractivity (Wildman–Crippen MR) is 238 cm³/mol. The molecule has 0 aliphatic heterocycles. The van der Waals surface area contributed by atoms with Crippen LogP contribution in [0, 0.1) is 0 Å². The zero-order valence-electron chi connectivity index (χ0n) is 37.3. The summed E-state index contributed by atoms with van der Waals surface area (Å²) in [6.45, 7) is 5.42. The highest BCUT2D eigenvalue weighted by molar-refractivity contribution is 5.69. The van der Waals surface area contributed by atoms with Crippen LogP contribution in [0.3, 0.4) is 0 Å². The number of ether oxygens (including phenoxy) is 2. The van der Waals surface area contributed by atoms with E-state index in [1.165, 1.54) is 250 Å². The smallest absolute Gasteiger partial charge is 0.306 e. The molecule has 0 aliphatic carbocycles. The van der Waals surface area contributed by atoms with Gasteiger partial charge in [-0.15, -0.1) is 0 Å². The van der Waals surface area contributed by atoms with E-state index >= 15 is 0 Å². The first-order chi connectivity index (χ1) is 26.7. The molecule has 0 bridgehead atoms. The first-order valence-electron chi connectivity index (χ1n) is 25.1. The van der Waals surface area contributed by atoms with Gasteiger partial charge in [0, 0.05) is 13.0 Å². The van der Waals surface area contributed by atoms with Crippen LogP contribution in [-0.2, 0) is 14.3 Å². The van der Waals surface area contributed by atoms with Crippen LogP contribution < -0.4 is 0 Å². The molecule has 0 radical (unpaired) electrons. The second-order valence-electron chi connectivity index (χ2n) is 17.3. The van der Waals surface area contributed by atoms with Crippen molar-refractivity contribution in [1.82, 2.24) is 0 Å². The van der Waals surface area contributed by atoms with E-state index in [4.69, 9.17) is 9.47 Å². The van der Waals surface area contributed by atoms with Gasteiger partial charge in [0.25, 0.3) is 0 Å². The fourth-order valence-electron chi connectivity index (χ4n) is 7.92. The van der Waals surface area contributed by atoms with Gasteiger partial charge in [-0.1, -0.05) is 271 Å². The average Bonchev–Trinajstić information content (AvgIpc) is 3.18. The van der Waals surface area contributed by atoms with E-state index in [2.05, 4.69) is 13.8 Å². The maximum Gasteiger partial charge on any atom is 0.306 e. The van der Waals surface area contributed by atoms with Crippen LogP contribution in [0.15, 0.2) is 0 Å². The molecule has 4 heteroatoms. The number of hydrogen-bond donors (Lipinski definition) is 1. The molecule has 1 atom stereocenters. The first kappa shape index (κ1) is 53.4. The SMILES string of the molecule is CCCCCCCCCCCCCCCCCCCCCCCCCOCC(CO)OC(=O)CCCCCCCCCCCCCCCCCCCCC. The molecule has 1 N–H and O–H groups in total. The van der Waals surface area contributed by atoms with Crippen molar-refractivity contribution < 1.29 is 19.4 Å². The van der Waals surface area contributed by atoms with Gasteiger partial charge in [0.1, 0.15) is 6.10 Å². The van der Waals surface area contributed by atoms with Gasteiger partial charge in [0.2, 0.25) is 0 Å². The normalized spacial score (nSPS) is 12.1. The molecule has 0 aromatic rings. The van der Waals surface area contributed by atoms with E-state index in [1.54, 1.807) is 0 Å². The van der Waals surface area contributed by atoms with Crippen molar-refractivity contribution in [1.29, 1.82) is 0 Å². The van der Waals surface area contributed by atoms with Crippen LogP contribution in [0.5, 0.6) is 0 Å². The lowest BCUT2D eigenvalue weighted by molar-refractivity contribution is -0.154. The second-order valence-corrected chi connectivity index (χ2v) is 17.3. The fourth-order valence-corrected chi connectivity index (χ4v) is 7.92. The van der Waals surface area contributed by atoms with Crippen LogP contribution in [0.1, 0.15) is 290 Å². The van der Waals surface area contributed by atoms with Crippen LogP contribution in [-0.4, -0.2) is 37.0 Å². The molecule has 0 rings (SSSR count). The van der Waals surface area contributed by atoms with Gasteiger partial charge in [0.05, 0.1) is 13.2 Å². The van der Waals surface area contributed by atoms with E-state index in [9.17, 15) is 9.90 Å². The topological polar surface area (TPSA) is 55.8 Å². The van der Waals surface area contributed by atoms with Crippen LogP contribution in [0.25, 0.3) is 0 Å². The zero-order chi connectivity index (χ0) is 39.1. The van der Waals surface area contributed by atoms with Crippen molar-refractivity contribution >= 4 is 5.97 Å². The fraction of sp³-hybridized carbons (Fsp3) is 0.980. The molecule has 0 aromatic heterocycles. The lowest BCUT2D eigenvalue weighted by atomic mass is 10.0. The van der Waals surface area contributed by atoms with Crippen molar-refractivity contribution in [2.45, 2.75) is 296 Å². The van der Waals surface area contributed by atoms with Crippen molar-refractivity contribution in [3.05, 3.63) is 0 Å². The molecule has 54 heavy (non-hydrogen) atoms. The molecule has 0 heterocycles. The first-order valence-corrected chi connectivity index (χ1v) is 25.1. The van der Waals surface area contributed by atoms with Gasteiger partial charge in [-0.25, -0.2) is 0 Å². The molecule has 4 nitrogen and oxygen atoms in total. The highest BCUT2D eigenvalue weighted by atomic mass is 16.6. The molecular weight excluding hydrogens is 665 g/mol. The quantitative estimate of drug-likeness (QED) is 0.0495. The lowest BCUT2D eigenvalue weighted by Gasteiger charge is -2.16. The molecule has 0 spiro atoms. The second kappa shape index (κ2) is 48.5. The number of unbranched alkanes of at least 4 members (excludes halogenated alkanes) is 40. The Labute approximate surface area is 340 Å². The lowest BCUT2D eigenvalue weighted by Crippen LogP contribution is -2.27. The van der Waals surface area contributed by atoms with Gasteiger partial charge < -0.3 is 14.6 Å². The van der Waals surface area contributed by atoms with E-state index in [1.807, 2.05) is 0 Å². The van der Waals surface area contributed by atoms with Crippen LogP contribution in [0.2, 0.25) is 0 Å². The van der Waals surface area contributed by atoms with Gasteiger partial charge in [-0.2, -0.15) is 0 Å². The van der Waals surface area contributed by atoms with E-state index < -0.39 is 6.10 Å². The maximum atomic E-state index is 12.2. The highest BCUT2D eigenvalue weighted by Crippen LogP contribution is 2.17. The summed E-state index contributed by atoms with van der Waals surface area (Å²) in [6, 6.07) is 0. The van der Waals surface area contributed by atoms with E-state index in [0.717, 1.165) is 19.3 Å². The third-order valence-electron chi connectivity index (χ3n) is 11.7. The number of carbonyl (C=O) groups is 1. The van der Waals surface area contributed by atoms with Crippen molar-refractivity contribution in [2.24, 2.45) is 0 Å². The Morgan fingerprint density at radius 1 is 0.370 bits per heavy atom. The summed E-state index contributed by atoms with van der Waals surface area (Å²) < 4.78 is 11.2. The summed E-state index contributed by atoms with van der Waals surface area (Å²) in [7, 11) is 0. The molecule has 1 unspecified atom stereocenters. The molecule has 0 fully saturated rings. The minimum Gasteiger partial charge on any atom is -0.457 e. The summed E-state index contributed by atoms with van der Waals surface area (Å²) in [5.41, 5.74) is 0. The zero-order valence-corrected chi connectivity index (χ0v) is 37.3. The molecule has 324 valence electrons. The van der Waals surface area contributed by atoms with Crippen LogP contribution in [0.4, 0.5) is 0 Å². The number of aliphatic hydroxyl groups is 1. The monoisotopic (exact) mass is 765 g/mol.